The molecule has 3 N–H and O–H groups in total. The second-order valence-corrected chi connectivity index (χ2v) is 15.9. The van der Waals surface area contributed by atoms with Gasteiger partial charge >= 0.3 is 0 Å². The number of aliphatic hydroxyl groups is 1. The summed E-state index contributed by atoms with van der Waals surface area (Å²) < 4.78 is 7.05. The Morgan fingerprint density at radius 2 is 1.00 bits per heavy atom. The lowest BCUT2D eigenvalue weighted by molar-refractivity contribution is -0.124. The van der Waals surface area contributed by atoms with Gasteiger partial charge in [-0.05, 0) is 78.4 Å². The van der Waals surface area contributed by atoms with E-state index in [1.54, 1.807) is 91.5 Å². The molecule has 0 saturated heterocycles. The minimum atomic E-state index is -1.30. The lowest BCUT2D eigenvalue weighted by atomic mass is 10.1. The molecule has 16 nitrogen and oxygen atoms in total. The first kappa shape index (κ1) is 43.0. The number of nitrogens with one attached hydrogen (secondary N) is 2. The van der Waals surface area contributed by atoms with Crippen LogP contribution in [0.15, 0.2) is 159 Å². The topological polar surface area (TPSA) is 192 Å². The number of aryl methyl sites for hydroxylation is 2. The summed E-state index contributed by atoms with van der Waals surface area (Å²) in [6.45, 7) is 0. The van der Waals surface area contributed by atoms with Crippen LogP contribution in [-0.4, -0.2) is 71.5 Å². The van der Waals surface area contributed by atoms with Crippen LogP contribution in [0.5, 0.6) is 0 Å². The number of aliphatic hydroxyl groups excluding tert-OH is 1. The minimum Gasteiger partial charge on any atom is -0.378 e. The Hall–Kier alpha value is -8.31. The molecule has 326 valence electrons. The Morgan fingerprint density at radius 3 is 1.45 bits per heavy atom. The van der Waals surface area contributed by atoms with E-state index in [9.17, 15) is 19.5 Å². The van der Waals surface area contributed by atoms with Gasteiger partial charge in [-0.2, -0.15) is 20.4 Å². The number of Topliss-reactive ketones (excluding diaryl/α,β-unsaturated/α-hetero) is 1. The lowest BCUT2D eigenvalue weighted by Gasteiger charge is -2.12. The third-order valence-electron chi connectivity index (χ3n) is 10.5. The van der Waals surface area contributed by atoms with Crippen LogP contribution in [-0.2, 0) is 23.7 Å². The predicted molar refractivity (Wildman–Crippen MR) is 251 cm³/mol. The van der Waals surface area contributed by atoms with Gasteiger partial charge < -0.3 is 15.7 Å². The number of amides is 2. The smallest absolute Gasteiger partial charge is 0.296 e. The molecule has 0 saturated carbocycles. The maximum Gasteiger partial charge on any atom is 0.296 e. The van der Waals surface area contributed by atoms with E-state index in [2.05, 4.69) is 41.0 Å². The van der Waals surface area contributed by atoms with Gasteiger partial charge in [0, 0.05) is 99.2 Å². The molecule has 1 atom stereocenters. The van der Waals surface area contributed by atoms with Gasteiger partial charge in [-0.25, -0.2) is 19.0 Å². The first-order valence-electron chi connectivity index (χ1n) is 20.2. The highest BCUT2D eigenvalue weighted by Crippen LogP contribution is 2.30. The molecule has 0 aliphatic heterocycles. The molecule has 0 bridgehead atoms. The van der Waals surface area contributed by atoms with Crippen LogP contribution in [0.4, 0.5) is 11.4 Å². The van der Waals surface area contributed by atoms with Gasteiger partial charge in [-0.1, -0.05) is 59.6 Å². The lowest BCUT2D eigenvalue weighted by Crippen LogP contribution is -2.22. The number of nitrogens with zero attached hydrogens (tertiary/aromatic N) is 10. The van der Waals surface area contributed by atoms with Crippen molar-refractivity contribution < 1.29 is 19.5 Å². The molecular weight excluding hydrogens is 880 g/mol. The van der Waals surface area contributed by atoms with Crippen LogP contribution in [0.1, 0.15) is 22.0 Å². The van der Waals surface area contributed by atoms with E-state index in [4.69, 9.17) is 23.2 Å². The zero-order valence-electron chi connectivity index (χ0n) is 35.0. The summed E-state index contributed by atoms with van der Waals surface area (Å²) in [5.74, 6) is -1.88. The second-order valence-electron chi connectivity index (χ2n) is 15.0. The van der Waals surface area contributed by atoms with Gasteiger partial charge in [0.05, 0.1) is 34.8 Å². The van der Waals surface area contributed by atoms with Crippen molar-refractivity contribution in [3.8, 4) is 44.8 Å². The van der Waals surface area contributed by atoms with Crippen LogP contribution in [0.2, 0.25) is 10.0 Å². The molecule has 4 aromatic carbocycles. The molecule has 0 aliphatic carbocycles. The molecular formula is C48H36Cl2N12O4. The number of halogens is 2. The molecule has 0 radical (unpaired) electrons. The van der Waals surface area contributed by atoms with Gasteiger partial charge in [-0.3, -0.25) is 23.7 Å². The fourth-order valence-corrected chi connectivity index (χ4v) is 7.36. The largest absolute Gasteiger partial charge is 0.378 e. The van der Waals surface area contributed by atoms with E-state index in [0.29, 0.717) is 27.0 Å². The Morgan fingerprint density at radius 1 is 0.545 bits per heavy atom. The normalized spacial score (nSPS) is 11.5. The minimum absolute atomic E-state index is 0.273. The first-order valence-corrected chi connectivity index (χ1v) is 20.9. The summed E-state index contributed by atoms with van der Waals surface area (Å²) in [5, 5.41) is 33.8. The molecule has 6 heterocycles. The fourth-order valence-electron chi connectivity index (χ4n) is 7.11. The number of aromatic nitrogens is 10. The first-order chi connectivity index (χ1) is 31.9. The van der Waals surface area contributed by atoms with Crippen LogP contribution in [0, 0.1) is 0 Å². The summed E-state index contributed by atoms with van der Waals surface area (Å²) in [5.41, 5.74) is 10.7. The van der Waals surface area contributed by atoms with Crippen molar-refractivity contribution in [2.45, 2.75) is 6.10 Å². The van der Waals surface area contributed by atoms with Gasteiger partial charge in [-0.15, -0.1) is 0 Å². The van der Waals surface area contributed by atoms with E-state index in [0.717, 1.165) is 55.8 Å². The number of fused-ring (bicyclic) bond motifs is 2. The Labute approximate surface area is 385 Å². The highest BCUT2D eigenvalue weighted by Gasteiger charge is 2.19. The van der Waals surface area contributed by atoms with E-state index >= 15 is 0 Å². The number of carbonyl (C=O) groups excluding carboxylic acids is 3. The number of benzene rings is 4. The standard InChI is InChI=1S/C24H19ClN6O2.C24H17ClN6O2/c2*1-30-12-18(11-27-30)17-10-21-22(26-14-28-31(21)13-17)15-4-8-20(9-5-15)29-24(33)23(32)16-2-6-19(25)7-3-16/h2-14,23,32H,1H3,(H,29,33);2-14H,1H3,(H,29,33). The zero-order valence-corrected chi connectivity index (χ0v) is 36.5. The molecule has 0 aliphatic rings. The summed E-state index contributed by atoms with van der Waals surface area (Å²) >= 11 is 11.7. The average molecular weight is 916 g/mol. The Bertz CT molecular complexity index is 3380. The molecule has 2 amide bonds. The third kappa shape index (κ3) is 9.32. The highest BCUT2D eigenvalue weighted by molar-refractivity contribution is 6.46. The molecule has 66 heavy (non-hydrogen) atoms. The van der Waals surface area contributed by atoms with E-state index in [1.807, 2.05) is 75.3 Å². The fraction of sp³-hybridized carbons (Fsp3) is 0.0625. The zero-order chi connectivity index (χ0) is 45.9. The quantitative estimate of drug-likeness (QED) is 0.0887. The van der Waals surface area contributed by atoms with Crippen molar-refractivity contribution in [2.24, 2.45) is 14.1 Å². The highest BCUT2D eigenvalue weighted by atomic mass is 35.5. The molecule has 10 rings (SSSR count). The van der Waals surface area contributed by atoms with Crippen molar-refractivity contribution in [3.05, 3.63) is 180 Å². The van der Waals surface area contributed by atoms with Gasteiger partial charge in [0.15, 0.2) is 6.10 Å². The Balaban J connectivity index is 0.000000166. The average Bonchev–Trinajstić information content (AvgIpc) is 4.16. The van der Waals surface area contributed by atoms with E-state index in [1.165, 1.54) is 24.8 Å². The van der Waals surface area contributed by atoms with Crippen molar-refractivity contribution >= 4 is 63.2 Å². The maximum absolute atomic E-state index is 12.4. The molecule has 1 unspecified atom stereocenters. The van der Waals surface area contributed by atoms with Crippen molar-refractivity contribution in [2.75, 3.05) is 10.6 Å². The molecule has 0 fully saturated rings. The van der Waals surface area contributed by atoms with Crippen molar-refractivity contribution in [1.29, 1.82) is 0 Å². The van der Waals surface area contributed by atoms with Crippen LogP contribution in [0.3, 0.4) is 0 Å². The van der Waals surface area contributed by atoms with E-state index < -0.39 is 23.7 Å². The molecule has 0 spiro atoms. The van der Waals surface area contributed by atoms with Crippen molar-refractivity contribution in [1.82, 2.24) is 48.8 Å². The summed E-state index contributed by atoms with van der Waals surface area (Å²) in [7, 11) is 3.74. The monoisotopic (exact) mass is 914 g/mol. The summed E-state index contributed by atoms with van der Waals surface area (Å²) in [6.07, 6.45) is 13.0. The molecule has 6 aromatic heterocycles. The number of ketones is 1. The number of rotatable bonds is 10. The number of hydrogen-bond acceptors (Lipinski definition) is 10. The number of anilines is 2. The van der Waals surface area contributed by atoms with Crippen LogP contribution >= 0.6 is 23.2 Å². The number of carbonyl (C=O) groups is 3. The van der Waals surface area contributed by atoms with E-state index in [-0.39, 0.29) is 5.56 Å². The van der Waals surface area contributed by atoms with Gasteiger partial charge in [0.25, 0.3) is 17.6 Å². The molecule has 10 aromatic rings. The summed E-state index contributed by atoms with van der Waals surface area (Å²) in [4.78, 5) is 46.0. The van der Waals surface area contributed by atoms with Crippen molar-refractivity contribution in [3.63, 3.8) is 0 Å². The maximum atomic E-state index is 12.4. The third-order valence-corrected chi connectivity index (χ3v) is 11.0. The molecule has 18 heteroatoms. The second kappa shape index (κ2) is 18.4. The number of hydrogen-bond donors (Lipinski definition) is 3. The Kier molecular flexibility index (Phi) is 12.0. The van der Waals surface area contributed by atoms with Crippen LogP contribution < -0.4 is 10.6 Å². The SMILES string of the molecule is Cn1cc(-c2cc3c(-c4ccc(NC(=O)C(=O)c5ccc(Cl)cc5)cc4)ncnn3c2)cn1.Cn1cc(-c2cc3c(-c4ccc(NC(=O)C(O)c5ccc(Cl)cc5)cc4)ncnn3c2)cn1. The van der Waals surface area contributed by atoms with Gasteiger partial charge in [0.2, 0.25) is 0 Å². The van der Waals surface area contributed by atoms with Crippen LogP contribution in [0.25, 0.3) is 55.8 Å². The van der Waals surface area contributed by atoms with Gasteiger partial charge in [0.1, 0.15) is 12.7 Å². The summed E-state index contributed by atoms with van der Waals surface area (Å²) in [6, 6.07) is 31.1. The predicted octanol–water partition coefficient (Wildman–Crippen LogP) is 8.39.